The molecule has 0 heterocycles. The molecular formula is C20H30O6. The van der Waals surface area contributed by atoms with Gasteiger partial charge in [0, 0.05) is 11.6 Å². The van der Waals surface area contributed by atoms with Crippen LogP contribution in [-0.4, -0.2) is 32.4 Å². The fourth-order valence-electron chi connectivity index (χ4n) is 2.53. The van der Waals surface area contributed by atoms with Gasteiger partial charge in [0.2, 0.25) is 11.5 Å². The van der Waals surface area contributed by atoms with E-state index in [1.54, 1.807) is 6.07 Å². The van der Waals surface area contributed by atoms with E-state index in [-0.39, 0.29) is 0 Å². The highest BCUT2D eigenvalue weighted by Crippen LogP contribution is 2.50. The highest BCUT2D eigenvalue weighted by Gasteiger charge is 2.28. The summed E-state index contributed by atoms with van der Waals surface area (Å²) in [6.45, 7) is 14.7. The van der Waals surface area contributed by atoms with Crippen molar-refractivity contribution < 1.29 is 28.5 Å². The summed E-state index contributed by atoms with van der Waals surface area (Å²) in [5, 5.41) is 0. The lowest BCUT2D eigenvalue weighted by atomic mass is 10.0. The van der Waals surface area contributed by atoms with Gasteiger partial charge in [-0.3, -0.25) is 0 Å². The molecule has 0 aromatic heterocycles. The summed E-state index contributed by atoms with van der Waals surface area (Å²) in [4.78, 5) is 11.7. The molecule has 26 heavy (non-hydrogen) atoms. The van der Waals surface area contributed by atoms with E-state index in [0.29, 0.717) is 61.4 Å². The molecule has 6 heteroatoms. The maximum Gasteiger partial charge on any atom is 0.330 e. The molecular weight excluding hydrogens is 336 g/mol. The summed E-state index contributed by atoms with van der Waals surface area (Å²) in [6.07, 6.45) is 1.19. The zero-order chi connectivity index (χ0) is 19.5. The molecule has 0 aliphatic rings. The number of benzene rings is 1. The summed E-state index contributed by atoms with van der Waals surface area (Å²) in [7, 11) is 0. The van der Waals surface area contributed by atoms with Gasteiger partial charge in [-0.25, -0.2) is 4.79 Å². The van der Waals surface area contributed by atoms with Crippen LogP contribution in [0, 0.1) is 0 Å². The Bertz CT molecular complexity index is 596. The Kier molecular flexibility index (Phi) is 9.41. The zero-order valence-corrected chi connectivity index (χ0v) is 16.4. The van der Waals surface area contributed by atoms with Gasteiger partial charge >= 0.3 is 5.97 Å². The average Bonchev–Trinajstić information content (AvgIpc) is 2.64. The SMILES string of the molecule is C=CC(=O)OC(CC)c1cc(OCC)c(OCC)c(OCC)c1OCC. The fourth-order valence-corrected chi connectivity index (χ4v) is 2.53. The molecule has 0 radical (unpaired) electrons. The van der Waals surface area contributed by atoms with Gasteiger partial charge < -0.3 is 23.7 Å². The van der Waals surface area contributed by atoms with E-state index in [1.807, 2.05) is 34.6 Å². The van der Waals surface area contributed by atoms with Crippen molar-refractivity contribution in [2.75, 3.05) is 26.4 Å². The van der Waals surface area contributed by atoms with E-state index < -0.39 is 12.1 Å². The Labute approximate surface area is 156 Å². The first-order valence-corrected chi connectivity index (χ1v) is 9.12. The van der Waals surface area contributed by atoms with Crippen LogP contribution >= 0.6 is 0 Å². The Morgan fingerprint density at radius 1 is 0.923 bits per heavy atom. The van der Waals surface area contributed by atoms with Gasteiger partial charge in [0.15, 0.2) is 11.5 Å². The van der Waals surface area contributed by atoms with E-state index in [1.165, 1.54) is 0 Å². The number of carbonyl (C=O) groups excluding carboxylic acids is 1. The van der Waals surface area contributed by atoms with Crippen LogP contribution in [0.15, 0.2) is 18.7 Å². The van der Waals surface area contributed by atoms with Gasteiger partial charge in [0.05, 0.1) is 26.4 Å². The highest BCUT2D eigenvalue weighted by molar-refractivity contribution is 5.81. The van der Waals surface area contributed by atoms with E-state index in [2.05, 4.69) is 6.58 Å². The van der Waals surface area contributed by atoms with Crippen molar-refractivity contribution in [1.29, 1.82) is 0 Å². The van der Waals surface area contributed by atoms with Gasteiger partial charge in [-0.1, -0.05) is 13.5 Å². The average molecular weight is 366 g/mol. The third kappa shape index (κ3) is 5.31. The number of hydrogen-bond donors (Lipinski definition) is 0. The Morgan fingerprint density at radius 2 is 1.46 bits per heavy atom. The van der Waals surface area contributed by atoms with E-state index in [9.17, 15) is 4.79 Å². The van der Waals surface area contributed by atoms with E-state index in [0.717, 1.165) is 6.08 Å². The second-order valence-electron chi connectivity index (χ2n) is 5.22. The summed E-state index contributed by atoms with van der Waals surface area (Å²) in [6, 6.07) is 1.80. The summed E-state index contributed by atoms with van der Waals surface area (Å²) in [5.74, 6) is 1.50. The zero-order valence-electron chi connectivity index (χ0n) is 16.4. The lowest BCUT2D eigenvalue weighted by Gasteiger charge is -2.24. The number of hydrogen-bond acceptors (Lipinski definition) is 6. The van der Waals surface area contributed by atoms with Crippen LogP contribution in [0.4, 0.5) is 0 Å². The molecule has 1 rings (SSSR count). The highest BCUT2D eigenvalue weighted by atomic mass is 16.6. The lowest BCUT2D eigenvalue weighted by molar-refractivity contribution is -0.143. The van der Waals surface area contributed by atoms with Crippen molar-refractivity contribution in [3.05, 3.63) is 24.3 Å². The van der Waals surface area contributed by atoms with Crippen LogP contribution in [0.3, 0.4) is 0 Å². The molecule has 0 saturated heterocycles. The van der Waals surface area contributed by atoms with E-state index in [4.69, 9.17) is 23.7 Å². The van der Waals surface area contributed by atoms with Crippen LogP contribution < -0.4 is 18.9 Å². The smallest absolute Gasteiger partial charge is 0.330 e. The van der Waals surface area contributed by atoms with Crippen molar-refractivity contribution in [2.24, 2.45) is 0 Å². The summed E-state index contributed by atoms with van der Waals surface area (Å²) < 4.78 is 28.7. The minimum atomic E-state index is -0.517. The molecule has 0 spiro atoms. The quantitative estimate of drug-likeness (QED) is 0.402. The van der Waals surface area contributed by atoms with Crippen LogP contribution in [0.25, 0.3) is 0 Å². The van der Waals surface area contributed by atoms with Gasteiger partial charge in [0.1, 0.15) is 6.10 Å². The molecule has 0 amide bonds. The second-order valence-corrected chi connectivity index (χ2v) is 5.22. The topological polar surface area (TPSA) is 63.2 Å². The molecule has 1 aromatic carbocycles. The standard InChI is InChI=1S/C20H30O6/c1-7-15(26-17(21)8-2)14-13-16(22-9-3)19(24-11-5)20(25-12-6)18(14)23-10-4/h8,13,15H,2,7,9-12H2,1,3-6H3. The Morgan fingerprint density at radius 3 is 1.96 bits per heavy atom. The molecule has 0 N–H and O–H groups in total. The lowest BCUT2D eigenvalue weighted by Crippen LogP contribution is -2.13. The van der Waals surface area contributed by atoms with Crippen LogP contribution in [-0.2, 0) is 9.53 Å². The molecule has 1 unspecified atom stereocenters. The first-order valence-electron chi connectivity index (χ1n) is 9.12. The van der Waals surface area contributed by atoms with Crippen molar-refractivity contribution in [3.8, 4) is 23.0 Å². The van der Waals surface area contributed by atoms with Crippen LogP contribution in [0.5, 0.6) is 23.0 Å². The first kappa shape index (κ1) is 21.7. The fraction of sp³-hybridized carbons (Fsp3) is 0.550. The van der Waals surface area contributed by atoms with Crippen molar-refractivity contribution in [1.82, 2.24) is 0 Å². The first-order chi connectivity index (χ1) is 12.6. The number of ether oxygens (including phenoxy) is 5. The number of esters is 1. The third-order valence-corrected chi connectivity index (χ3v) is 3.49. The molecule has 0 bridgehead atoms. The van der Waals surface area contributed by atoms with Crippen molar-refractivity contribution >= 4 is 5.97 Å². The van der Waals surface area contributed by atoms with Gasteiger partial charge in [-0.2, -0.15) is 0 Å². The maximum atomic E-state index is 11.7. The van der Waals surface area contributed by atoms with Crippen molar-refractivity contribution in [2.45, 2.75) is 47.1 Å². The molecule has 0 aliphatic heterocycles. The molecule has 6 nitrogen and oxygen atoms in total. The molecule has 0 aliphatic carbocycles. The van der Waals surface area contributed by atoms with Gasteiger partial charge in [-0.05, 0) is 40.2 Å². The van der Waals surface area contributed by atoms with Gasteiger partial charge in [0.25, 0.3) is 0 Å². The predicted molar refractivity (Wildman–Crippen MR) is 100 cm³/mol. The molecule has 1 atom stereocenters. The summed E-state index contributed by atoms with van der Waals surface area (Å²) >= 11 is 0. The molecule has 0 fully saturated rings. The predicted octanol–water partition coefficient (Wildman–Crippen LogP) is 4.46. The number of carbonyl (C=O) groups is 1. The maximum absolute atomic E-state index is 11.7. The molecule has 1 aromatic rings. The molecule has 0 saturated carbocycles. The van der Waals surface area contributed by atoms with Crippen LogP contribution in [0.1, 0.15) is 52.7 Å². The molecule has 146 valence electrons. The van der Waals surface area contributed by atoms with Crippen LogP contribution in [0.2, 0.25) is 0 Å². The summed E-state index contributed by atoms with van der Waals surface area (Å²) in [5.41, 5.74) is 0.680. The third-order valence-electron chi connectivity index (χ3n) is 3.49. The largest absolute Gasteiger partial charge is 0.490 e. The van der Waals surface area contributed by atoms with E-state index >= 15 is 0 Å². The monoisotopic (exact) mass is 366 g/mol. The Hall–Kier alpha value is -2.37. The van der Waals surface area contributed by atoms with Crippen molar-refractivity contribution in [3.63, 3.8) is 0 Å². The second kappa shape index (κ2) is 11.3. The minimum Gasteiger partial charge on any atom is -0.490 e. The van der Waals surface area contributed by atoms with Gasteiger partial charge in [-0.15, -0.1) is 0 Å². The Balaban J connectivity index is 3.63. The number of rotatable bonds is 12. The minimum absolute atomic E-state index is 0.429. The normalized spacial score (nSPS) is 11.4.